The Morgan fingerprint density at radius 3 is 2.55 bits per heavy atom. The van der Waals surface area contributed by atoms with Gasteiger partial charge in [-0.05, 0) is 43.7 Å². The topological polar surface area (TPSA) is 49.4 Å². The number of piperidine rings is 1. The average molecular weight is 296 g/mol. The van der Waals surface area contributed by atoms with Crippen molar-refractivity contribution in [1.29, 1.82) is 0 Å². The van der Waals surface area contributed by atoms with Gasteiger partial charge in [-0.2, -0.15) is 0 Å². The van der Waals surface area contributed by atoms with Crippen LogP contribution >= 0.6 is 0 Å². The molecule has 0 aliphatic carbocycles. The number of sulfone groups is 1. The minimum Gasteiger partial charge on any atom is -0.370 e. The number of anilines is 1. The molecule has 0 aromatic heterocycles. The summed E-state index contributed by atoms with van der Waals surface area (Å²) in [4.78, 5) is 2.75. The summed E-state index contributed by atoms with van der Waals surface area (Å²) in [6.45, 7) is 6.83. The maximum absolute atomic E-state index is 11.8. The molecule has 0 bridgehead atoms. The largest absolute Gasteiger partial charge is 0.370 e. The van der Waals surface area contributed by atoms with E-state index in [1.54, 1.807) is 19.1 Å². The lowest BCUT2D eigenvalue weighted by atomic mass is 10.0. The highest BCUT2D eigenvalue weighted by molar-refractivity contribution is 7.91. The smallest absolute Gasteiger partial charge is 0.178 e. The van der Waals surface area contributed by atoms with E-state index in [9.17, 15) is 8.42 Å². The Hall–Kier alpha value is -1.07. The van der Waals surface area contributed by atoms with E-state index in [4.69, 9.17) is 0 Å². The molecular formula is C15H24N2O2S. The fourth-order valence-corrected chi connectivity index (χ4v) is 3.58. The molecule has 1 N–H and O–H groups in total. The van der Waals surface area contributed by atoms with Gasteiger partial charge in [0, 0.05) is 24.8 Å². The number of likely N-dealkylation sites (N-methyl/N-ethyl adjacent to an activating group) is 1. The van der Waals surface area contributed by atoms with E-state index in [0.717, 1.165) is 25.3 Å². The summed E-state index contributed by atoms with van der Waals surface area (Å²) >= 11 is 0. The molecule has 1 aliphatic rings. The van der Waals surface area contributed by atoms with Crippen molar-refractivity contribution >= 4 is 15.5 Å². The van der Waals surface area contributed by atoms with Crippen LogP contribution in [0.4, 0.5) is 5.69 Å². The third-order valence-corrected chi connectivity index (χ3v) is 5.61. The maximum atomic E-state index is 11.8. The zero-order chi connectivity index (χ0) is 14.6. The first-order chi connectivity index (χ1) is 9.56. The second-order valence-electron chi connectivity index (χ2n) is 5.24. The number of rotatable bonds is 5. The number of hydrogen-bond acceptors (Lipinski definition) is 4. The quantitative estimate of drug-likeness (QED) is 0.903. The second kappa shape index (κ2) is 6.59. The molecule has 1 aromatic rings. The fraction of sp³-hybridized carbons (Fsp3) is 0.600. The molecule has 112 valence electrons. The Labute approximate surface area is 122 Å². The van der Waals surface area contributed by atoms with E-state index >= 15 is 0 Å². The third-order valence-electron chi connectivity index (χ3n) is 3.86. The van der Waals surface area contributed by atoms with Crippen LogP contribution in [0.15, 0.2) is 29.2 Å². The minimum absolute atomic E-state index is 0.151. The molecular weight excluding hydrogens is 272 g/mol. The van der Waals surface area contributed by atoms with E-state index < -0.39 is 9.84 Å². The van der Waals surface area contributed by atoms with E-state index in [0.29, 0.717) is 10.9 Å². The number of nitrogens with one attached hydrogen (secondary N) is 1. The SMILES string of the molecule is CCNC1CCCN(c2ccc(S(=O)(=O)CC)cc2)C1. The lowest BCUT2D eigenvalue weighted by Gasteiger charge is -2.34. The molecule has 5 heteroatoms. The molecule has 4 nitrogen and oxygen atoms in total. The zero-order valence-corrected chi connectivity index (χ0v) is 13.1. The van der Waals surface area contributed by atoms with Crippen LogP contribution in [-0.2, 0) is 9.84 Å². The van der Waals surface area contributed by atoms with Crippen LogP contribution in [0.25, 0.3) is 0 Å². The average Bonchev–Trinajstić information content (AvgIpc) is 2.48. The van der Waals surface area contributed by atoms with Crippen molar-refractivity contribution in [3.05, 3.63) is 24.3 Å². The Morgan fingerprint density at radius 2 is 1.95 bits per heavy atom. The molecule has 1 fully saturated rings. The summed E-state index contributed by atoms with van der Waals surface area (Å²) in [5.74, 6) is 0.151. The first kappa shape index (κ1) is 15.3. The van der Waals surface area contributed by atoms with Crippen LogP contribution in [0.2, 0.25) is 0 Å². The van der Waals surface area contributed by atoms with Gasteiger partial charge in [0.25, 0.3) is 0 Å². The van der Waals surface area contributed by atoms with Crippen molar-refractivity contribution in [1.82, 2.24) is 5.32 Å². The molecule has 0 radical (unpaired) electrons. The zero-order valence-electron chi connectivity index (χ0n) is 12.3. The van der Waals surface area contributed by atoms with Crippen molar-refractivity contribution in [2.45, 2.75) is 37.6 Å². The van der Waals surface area contributed by atoms with Crippen LogP contribution in [0.3, 0.4) is 0 Å². The summed E-state index contributed by atoms with van der Waals surface area (Å²) in [6, 6.07) is 7.84. The monoisotopic (exact) mass is 296 g/mol. The molecule has 0 amide bonds. The standard InChI is InChI=1S/C15H24N2O2S/c1-3-16-13-6-5-11-17(12-13)14-7-9-15(10-8-14)20(18,19)4-2/h7-10,13,16H,3-6,11-12H2,1-2H3. The predicted molar refractivity (Wildman–Crippen MR) is 83.1 cm³/mol. The number of nitrogens with zero attached hydrogens (tertiary/aromatic N) is 1. The lowest BCUT2D eigenvalue weighted by Crippen LogP contribution is -2.45. The van der Waals surface area contributed by atoms with Gasteiger partial charge in [-0.15, -0.1) is 0 Å². The van der Waals surface area contributed by atoms with Crippen LogP contribution < -0.4 is 10.2 Å². The normalized spacial score (nSPS) is 20.1. The van der Waals surface area contributed by atoms with Gasteiger partial charge in [-0.25, -0.2) is 8.42 Å². The van der Waals surface area contributed by atoms with Crippen LogP contribution in [-0.4, -0.2) is 39.8 Å². The molecule has 1 atom stereocenters. The van der Waals surface area contributed by atoms with Gasteiger partial charge >= 0.3 is 0 Å². The van der Waals surface area contributed by atoms with Gasteiger partial charge in [-0.1, -0.05) is 13.8 Å². The predicted octanol–water partition coefficient (Wildman–Crippen LogP) is 2.06. The first-order valence-corrected chi connectivity index (χ1v) is 9.03. The summed E-state index contributed by atoms with van der Waals surface area (Å²) in [5.41, 5.74) is 1.11. The van der Waals surface area contributed by atoms with E-state index in [1.807, 2.05) is 12.1 Å². The molecule has 20 heavy (non-hydrogen) atoms. The summed E-state index contributed by atoms with van der Waals surface area (Å²) in [7, 11) is -3.10. The van der Waals surface area contributed by atoms with Crippen LogP contribution in [0.5, 0.6) is 0 Å². The minimum atomic E-state index is -3.10. The highest BCUT2D eigenvalue weighted by Crippen LogP contribution is 2.22. The van der Waals surface area contributed by atoms with E-state index in [-0.39, 0.29) is 5.75 Å². The highest BCUT2D eigenvalue weighted by Gasteiger charge is 2.19. The van der Waals surface area contributed by atoms with Gasteiger partial charge in [0.05, 0.1) is 10.6 Å². The van der Waals surface area contributed by atoms with E-state index in [1.165, 1.54) is 12.8 Å². The number of hydrogen-bond donors (Lipinski definition) is 1. The van der Waals surface area contributed by atoms with E-state index in [2.05, 4.69) is 17.1 Å². The van der Waals surface area contributed by atoms with Gasteiger partial charge in [0.1, 0.15) is 0 Å². The lowest BCUT2D eigenvalue weighted by molar-refractivity contribution is 0.431. The molecule has 1 saturated heterocycles. The Kier molecular flexibility index (Phi) is 5.05. The van der Waals surface area contributed by atoms with Gasteiger partial charge in [-0.3, -0.25) is 0 Å². The van der Waals surface area contributed by atoms with Crippen molar-refractivity contribution in [2.75, 3.05) is 30.3 Å². The first-order valence-electron chi connectivity index (χ1n) is 7.38. The van der Waals surface area contributed by atoms with Gasteiger partial charge in [0.2, 0.25) is 0 Å². The molecule has 1 heterocycles. The molecule has 2 rings (SSSR count). The van der Waals surface area contributed by atoms with Crippen LogP contribution in [0, 0.1) is 0 Å². The third kappa shape index (κ3) is 3.52. The molecule has 0 saturated carbocycles. The van der Waals surface area contributed by atoms with Crippen molar-refractivity contribution in [2.24, 2.45) is 0 Å². The van der Waals surface area contributed by atoms with Crippen molar-refractivity contribution in [3.63, 3.8) is 0 Å². The Balaban J connectivity index is 2.10. The molecule has 1 aliphatic heterocycles. The van der Waals surface area contributed by atoms with Gasteiger partial charge in [0.15, 0.2) is 9.84 Å². The van der Waals surface area contributed by atoms with Crippen molar-refractivity contribution in [3.8, 4) is 0 Å². The van der Waals surface area contributed by atoms with Crippen molar-refractivity contribution < 1.29 is 8.42 Å². The molecule has 1 aromatic carbocycles. The highest BCUT2D eigenvalue weighted by atomic mass is 32.2. The van der Waals surface area contributed by atoms with Crippen LogP contribution in [0.1, 0.15) is 26.7 Å². The summed E-state index contributed by atoms with van der Waals surface area (Å²) in [5, 5.41) is 3.49. The molecule has 0 spiro atoms. The number of benzene rings is 1. The van der Waals surface area contributed by atoms with Gasteiger partial charge < -0.3 is 10.2 Å². The Morgan fingerprint density at radius 1 is 1.25 bits per heavy atom. The second-order valence-corrected chi connectivity index (χ2v) is 7.52. The summed E-state index contributed by atoms with van der Waals surface area (Å²) < 4.78 is 23.6. The molecule has 1 unspecified atom stereocenters. The summed E-state index contributed by atoms with van der Waals surface area (Å²) in [6.07, 6.45) is 2.39. The Bertz CT molecular complexity index is 523. The maximum Gasteiger partial charge on any atom is 0.178 e. The fourth-order valence-electron chi connectivity index (χ4n) is 2.70.